The molecule has 0 N–H and O–H groups in total. The minimum absolute atomic E-state index is 0.185. The van der Waals surface area contributed by atoms with E-state index < -0.39 is 0 Å². The zero-order valence-corrected chi connectivity index (χ0v) is 36.6. The molecule has 12 rings (SSSR count). The third-order valence-corrected chi connectivity index (χ3v) is 13.7. The van der Waals surface area contributed by atoms with Crippen molar-refractivity contribution in [3.05, 3.63) is 137 Å². The van der Waals surface area contributed by atoms with Gasteiger partial charge in [-0.1, -0.05) is 49.9 Å². The van der Waals surface area contributed by atoms with Crippen molar-refractivity contribution in [2.24, 2.45) is 0 Å². The minimum Gasteiger partial charge on any atom is -0.274 e. The SMILES string of the molecule is CCCCN1C(=O)c2ccc3c(=O)n4c5cc(C)c(C)cc5nc4c4ccc(c2c34)C1=O.CCCCN1C(=O)c2ccc3c(=O)n4c5cc(Cl)c(Cl)cc5nc4c4ccc(c2c34)C1=O. The first kappa shape index (κ1) is 39.8. The molecule has 2 aliphatic heterocycles. The molecule has 2 aliphatic rings. The first-order valence-electron chi connectivity index (χ1n) is 21.2. The van der Waals surface area contributed by atoms with E-state index in [0.717, 1.165) is 53.2 Å². The molecule has 6 heterocycles. The molecule has 0 atom stereocenters. The highest BCUT2D eigenvalue weighted by Crippen LogP contribution is 2.40. The average Bonchev–Trinajstić information content (AvgIpc) is 3.84. The van der Waals surface area contributed by atoms with E-state index >= 15 is 0 Å². The molecule has 0 saturated heterocycles. The van der Waals surface area contributed by atoms with Gasteiger partial charge in [0, 0.05) is 78.4 Å². The number of rotatable bonds is 6. The Bertz CT molecular complexity index is 3620. The van der Waals surface area contributed by atoms with Crippen molar-refractivity contribution < 1.29 is 19.2 Å². The van der Waals surface area contributed by atoms with E-state index in [9.17, 15) is 28.8 Å². The lowest BCUT2D eigenvalue weighted by Gasteiger charge is -2.27. The van der Waals surface area contributed by atoms with E-state index in [2.05, 4.69) is 4.98 Å². The zero-order valence-electron chi connectivity index (χ0n) is 35.1. The number of aryl methyl sites for hydroxylation is 2. The van der Waals surface area contributed by atoms with Gasteiger partial charge in [0.2, 0.25) is 0 Å². The van der Waals surface area contributed by atoms with E-state index in [-0.39, 0.29) is 34.7 Å². The number of halogens is 2. The van der Waals surface area contributed by atoms with E-state index in [0.29, 0.717) is 105 Å². The zero-order chi connectivity index (χ0) is 44.6. The summed E-state index contributed by atoms with van der Waals surface area (Å²) in [5.41, 5.74) is 7.14. The number of imidazole rings is 2. The quantitative estimate of drug-likeness (QED) is 0.150. The number of carbonyl (C=O) groups excluding carboxylic acids is 4. The number of carbonyl (C=O) groups is 4. The van der Waals surface area contributed by atoms with E-state index in [1.165, 1.54) is 14.2 Å². The highest BCUT2D eigenvalue weighted by molar-refractivity contribution is 6.43. The second-order valence-electron chi connectivity index (χ2n) is 16.7. The number of imide groups is 2. The lowest BCUT2D eigenvalue weighted by atomic mass is 9.90. The predicted octanol–water partition coefficient (Wildman–Crippen LogP) is 9.90. The number of nitrogens with zero attached hydrogens (tertiary/aromatic N) is 6. The molecule has 0 saturated carbocycles. The maximum atomic E-state index is 13.6. The maximum absolute atomic E-state index is 13.6. The van der Waals surface area contributed by atoms with E-state index in [1.54, 1.807) is 59.0 Å². The summed E-state index contributed by atoms with van der Waals surface area (Å²) < 4.78 is 3.16. The molecular weight excluding hydrogens is 851 g/mol. The van der Waals surface area contributed by atoms with Crippen LogP contribution in [0.4, 0.5) is 0 Å². The molecule has 4 aromatic heterocycles. The molecule has 0 fully saturated rings. The van der Waals surface area contributed by atoms with Crippen molar-refractivity contribution in [2.75, 3.05) is 13.1 Å². The number of pyridine rings is 2. The Labute approximate surface area is 372 Å². The Balaban J connectivity index is 0.000000143. The van der Waals surface area contributed by atoms with Crippen LogP contribution in [0.3, 0.4) is 0 Å². The summed E-state index contributed by atoms with van der Waals surface area (Å²) in [7, 11) is 0. The van der Waals surface area contributed by atoms with Crippen molar-refractivity contribution in [3.63, 3.8) is 0 Å². The third kappa shape index (κ3) is 5.35. The smallest absolute Gasteiger partial charge is 0.264 e. The van der Waals surface area contributed by atoms with Crippen molar-refractivity contribution >= 4 is 123 Å². The van der Waals surface area contributed by atoms with Gasteiger partial charge in [-0.2, -0.15) is 0 Å². The van der Waals surface area contributed by atoms with Gasteiger partial charge in [-0.3, -0.25) is 47.4 Å². The molecule has 14 heteroatoms. The first-order chi connectivity index (χ1) is 30.8. The minimum atomic E-state index is -0.329. The monoisotopic (exact) mass is 886 g/mol. The summed E-state index contributed by atoms with van der Waals surface area (Å²) in [5.74, 6) is -1.25. The fourth-order valence-corrected chi connectivity index (χ4v) is 9.97. The molecule has 10 aromatic rings. The molecule has 316 valence electrons. The average molecular weight is 888 g/mol. The number of unbranched alkanes of at least 4 members (excludes halogenated alkanes) is 2. The van der Waals surface area contributed by atoms with Crippen molar-refractivity contribution in [2.45, 2.75) is 53.4 Å². The highest BCUT2D eigenvalue weighted by Gasteiger charge is 2.36. The van der Waals surface area contributed by atoms with Crippen LogP contribution in [0.5, 0.6) is 0 Å². The Morgan fingerprint density at radius 2 is 0.844 bits per heavy atom. The fourth-order valence-electron chi connectivity index (χ4n) is 9.66. The molecule has 4 amide bonds. The van der Waals surface area contributed by atoms with Crippen LogP contribution in [0.1, 0.15) is 92.1 Å². The van der Waals surface area contributed by atoms with Gasteiger partial charge in [-0.25, -0.2) is 9.97 Å². The molecule has 0 spiro atoms. The third-order valence-electron chi connectivity index (χ3n) is 13.0. The summed E-state index contributed by atoms with van der Waals surface area (Å²) in [4.78, 5) is 91.9. The van der Waals surface area contributed by atoms with Gasteiger partial charge >= 0.3 is 0 Å². The molecule has 6 aromatic carbocycles. The molecular formula is C50H36Cl2N6O6. The Morgan fingerprint density at radius 3 is 1.28 bits per heavy atom. The van der Waals surface area contributed by atoms with Crippen molar-refractivity contribution in [1.29, 1.82) is 0 Å². The summed E-state index contributed by atoms with van der Waals surface area (Å²) >= 11 is 12.4. The van der Waals surface area contributed by atoms with Crippen LogP contribution < -0.4 is 11.1 Å². The maximum Gasteiger partial charge on any atom is 0.264 e. The van der Waals surface area contributed by atoms with Crippen LogP contribution in [-0.4, -0.2) is 65.3 Å². The Kier molecular flexibility index (Phi) is 8.86. The van der Waals surface area contributed by atoms with Gasteiger partial charge in [0.15, 0.2) is 0 Å². The van der Waals surface area contributed by atoms with Crippen LogP contribution in [-0.2, 0) is 0 Å². The highest BCUT2D eigenvalue weighted by atomic mass is 35.5. The lowest BCUT2D eigenvalue weighted by molar-refractivity contribution is 0.0593. The fraction of sp³-hybridized carbons (Fsp3) is 0.200. The normalized spacial score (nSPS) is 14.0. The van der Waals surface area contributed by atoms with E-state index in [4.69, 9.17) is 28.2 Å². The lowest BCUT2D eigenvalue weighted by Crippen LogP contribution is -2.41. The first-order valence-corrected chi connectivity index (χ1v) is 22.0. The van der Waals surface area contributed by atoms with Gasteiger partial charge in [0.05, 0.1) is 32.1 Å². The number of hydrogen-bond acceptors (Lipinski definition) is 8. The van der Waals surface area contributed by atoms with Crippen molar-refractivity contribution in [3.8, 4) is 0 Å². The van der Waals surface area contributed by atoms with Crippen LogP contribution in [0.2, 0.25) is 10.0 Å². The van der Waals surface area contributed by atoms with E-state index in [1.807, 2.05) is 45.9 Å². The summed E-state index contributed by atoms with van der Waals surface area (Å²) in [5, 5.41) is 5.37. The van der Waals surface area contributed by atoms with Gasteiger partial charge < -0.3 is 0 Å². The number of fused-ring (bicyclic) bond motifs is 8. The molecule has 0 radical (unpaired) electrons. The second kappa shape index (κ2) is 14.2. The number of aromatic nitrogens is 4. The summed E-state index contributed by atoms with van der Waals surface area (Å²) in [6.45, 7) is 8.84. The van der Waals surface area contributed by atoms with Crippen LogP contribution in [0.15, 0.2) is 82.4 Å². The standard InChI is InChI=1S/C26H21N3O3.C24H15Cl2N3O3/c1-4-5-10-28-24(30)16-7-6-15-21-18(9-8-17(22(16)21)25(28)31)26(32)29-20-12-14(3)13(2)11-19(20)27-23(15)29;1-2-3-8-28-22(30)12-5-4-11-19-14(7-6-13(20(12)19)23(28)31)24(32)29-18-10-16(26)15(25)9-17(18)27-21(11)29/h6-9,11-12H,4-5,10H2,1-3H3;4-7,9-10H,2-3,8H2,1H3. The molecule has 0 bridgehead atoms. The number of amides is 4. The largest absolute Gasteiger partial charge is 0.274 e. The van der Waals surface area contributed by atoms with Crippen LogP contribution >= 0.6 is 23.2 Å². The molecule has 64 heavy (non-hydrogen) atoms. The molecule has 0 aliphatic carbocycles. The van der Waals surface area contributed by atoms with Gasteiger partial charge in [0.1, 0.15) is 11.3 Å². The molecule has 0 unspecified atom stereocenters. The van der Waals surface area contributed by atoms with Gasteiger partial charge in [-0.15, -0.1) is 0 Å². The van der Waals surface area contributed by atoms with Crippen molar-refractivity contribution in [1.82, 2.24) is 28.6 Å². The second-order valence-corrected chi connectivity index (χ2v) is 17.5. The van der Waals surface area contributed by atoms with Gasteiger partial charge in [-0.05, 0) is 111 Å². The number of hydrogen-bond donors (Lipinski definition) is 0. The Hall–Kier alpha value is -7.02. The predicted molar refractivity (Wildman–Crippen MR) is 250 cm³/mol. The Morgan fingerprint density at radius 1 is 0.469 bits per heavy atom. The number of benzene rings is 6. The van der Waals surface area contributed by atoms with Gasteiger partial charge in [0.25, 0.3) is 34.7 Å². The molecule has 12 nitrogen and oxygen atoms in total. The summed E-state index contributed by atoms with van der Waals surface area (Å²) in [6.07, 6.45) is 3.25. The summed E-state index contributed by atoms with van der Waals surface area (Å²) in [6, 6.07) is 21.1. The van der Waals surface area contributed by atoms with Crippen LogP contribution in [0.25, 0.3) is 76.5 Å². The van der Waals surface area contributed by atoms with Crippen LogP contribution in [0, 0.1) is 13.8 Å². The topological polar surface area (TPSA) is 144 Å².